The van der Waals surface area contributed by atoms with Crippen LogP contribution >= 0.6 is 0 Å². The lowest BCUT2D eigenvalue weighted by Gasteiger charge is -2.19. The van der Waals surface area contributed by atoms with Gasteiger partial charge in [-0.05, 0) is 24.8 Å². The average molecular weight is 194 g/mol. The first-order chi connectivity index (χ1) is 6.66. The Morgan fingerprint density at radius 3 is 3.14 bits per heavy atom. The number of hydrogen-bond donors (Lipinski definition) is 2. The number of nitrogens with one attached hydrogen (secondary N) is 1. The van der Waals surface area contributed by atoms with Gasteiger partial charge in [0.15, 0.2) is 0 Å². The van der Waals surface area contributed by atoms with Gasteiger partial charge in [0.25, 0.3) is 5.56 Å². The molecule has 0 fully saturated rings. The van der Waals surface area contributed by atoms with Crippen molar-refractivity contribution in [1.29, 1.82) is 0 Å². The van der Waals surface area contributed by atoms with E-state index >= 15 is 0 Å². The fourth-order valence-electron chi connectivity index (χ4n) is 1.75. The van der Waals surface area contributed by atoms with E-state index in [-0.39, 0.29) is 11.5 Å². The van der Waals surface area contributed by atoms with Crippen LogP contribution < -0.4 is 5.56 Å². The van der Waals surface area contributed by atoms with Crippen molar-refractivity contribution in [2.45, 2.75) is 19.3 Å². The predicted octanol–water partition coefficient (Wildman–Crippen LogP) is -0.0406. The number of aliphatic carboxylic acids is 1. The lowest BCUT2D eigenvalue weighted by molar-refractivity contribution is -0.142. The molecule has 1 aromatic rings. The fourth-order valence-corrected chi connectivity index (χ4v) is 1.75. The third-order valence-electron chi connectivity index (χ3n) is 2.52. The Bertz CT molecular complexity index is 424. The largest absolute Gasteiger partial charge is 0.481 e. The van der Waals surface area contributed by atoms with E-state index in [1.165, 1.54) is 6.07 Å². The minimum Gasteiger partial charge on any atom is -0.481 e. The van der Waals surface area contributed by atoms with E-state index in [1.54, 1.807) is 0 Å². The fraction of sp³-hybridized carbons (Fsp3) is 0.444. The van der Waals surface area contributed by atoms with E-state index in [9.17, 15) is 9.59 Å². The summed E-state index contributed by atoms with van der Waals surface area (Å²) in [5.41, 5.74) is 1.32. The average Bonchev–Trinajstić information content (AvgIpc) is 2.16. The Labute approximate surface area is 79.8 Å². The number of carboxylic acid groups (broad SMARTS) is 1. The third-order valence-corrected chi connectivity index (χ3v) is 2.52. The van der Waals surface area contributed by atoms with E-state index < -0.39 is 5.97 Å². The zero-order chi connectivity index (χ0) is 10.1. The molecule has 1 aliphatic carbocycles. The minimum absolute atomic E-state index is 0.269. The summed E-state index contributed by atoms with van der Waals surface area (Å²) in [7, 11) is 0. The maximum atomic E-state index is 11.0. The Kier molecular flexibility index (Phi) is 2.07. The topological polar surface area (TPSA) is 83.0 Å². The summed E-state index contributed by atoms with van der Waals surface area (Å²) in [6.45, 7) is 0. The molecule has 1 unspecified atom stereocenters. The van der Waals surface area contributed by atoms with Gasteiger partial charge >= 0.3 is 5.97 Å². The quantitative estimate of drug-likeness (QED) is 0.657. The van der Waals surface area contributed by atoms with Gasteiger partial charge in [0.2, 0.25) is 0 Å². The van der Waals surface area contributed by atoms with Crippen molar-refractivity contribution in [1.82, 2.24) is 10.2 Å². The standard InChI is InChI=1S/C9H10N2O3/c12-8-4-6-3-5(9(13)14)1-2-7(6)10-11-8/h4-5H,1-3H2,(H,11,12)(H,13,14). The molecular formula is C9H10N2O3. The maximum Gasteiger partial charge on any atom is 0.306 e. The van der Waals surface area contributed by atoms with Crippen LogP contribution in [0.3, 0.4) is 0 Å². The zero-order valence-corrected chi connectivity index (χ0v) is 7.49. The number of carboxylic acids is 1. The molecule has 1 aliphatic rings. The Morgan fingerprint density at radius 2 is 2.43 bits per heavy atom. The van der Waals surface area contributed by atoms with Crippen LogP contribution in [0.5, 0.6) is 0 Å². The Morgan fingerprint density at radius 1 is 1.64 bits per heavy atom. The molecule has 0 spiro atoms. The van der Waals surface area contributed by atoms with Crippen LogP contribution in [0.25, 0.3) is 0 Å². The Balaban J connectivity index is 2.33. The molecular weight excluding hydrogens is 184 g/mol. The van der Waals surface area contributed by atoms with Gasteiger partial charge in [-0.25, -0.2) is 5.10 Å². The van der Waals surface area contributed by atoms with E-state index in [0.717, 1.165) is 11.3 Å². The highest BCUT2D eigenvalue weighted by Gasteiger charge is 2.25. The number of aromatic amines is 1. The van der Waals surface area contributed by atoms with Gasteiger partial charge in [-0.15, -0.1) is 0 Å². The number of aromatic nitrogens is 2. The van der Waals surface area contributed by atoms with E-state index in [1.807, 2.05) is 0 Å². The van der Waals surface area contributed by atoms with Crippen molar-refractivity contribution in [3.8, 4) is 0 Å². The van der Waals surface area contributed by atoms with Crippen molar-refractivity contribution < 1.29 is 9.90 Å². The van der Waals surface area contributed by atoms with Crippen LogP contribution in [0.4, 0.5) is 0 Å². The summed E-state index contributed by atoms with van der Waals surface area (Å²) in [5.74, 6) is -1.16. The van der Waals surface area contributed by atoms with Crippen LogP contribution in [0.1, 0.15) is 17.7 Å². The lowest BCUT2D eigenvalue weighted by Crippen LogP contribution is -2.25. The third kappa shape index (κ3) is 1.53. The van der Waals surface area contributed by atoms with E-state index in [2.05, 4.69) is 10.2 Å². The maximum absolute atomic E-state index is 11.0. The zero-order valence-electron chi connectivity index (χ0n) is 7.49. The number of fused-ring (bicyclic) bond motifs is 1. The molecule has 1 aromatic heterocycles. The van der Waals surface area contributed by atoms with Crippen molar-refractivity contribution in [3.05, 3.63) is 27.7 Å². The van der Waals surface area contributed by atoms with Crippen molar-refractivity contribution in [3.63, 3.8) is 0 Å². The summed E-state index contributed by atoms with van der Waals surface area (Å²) >= 11 is 0. The van der Waals surface area contributed by atoms with Gasteiger partial charge in [-0.2, -0.15) is 5.10 Å². The van der Waals surface area contributed by atoms with Gasteiger partial charge in [-0.1, -0.05) is 0 Å². The van der Waals surface area contributed by atoms with Crippen molar-refractivity contribution >= 4 is 5.97 Å². The summed E-state index contributed by atoms with van der Waals surface area (Å²) in [4.78, 5) is 21.7. The number of aryl methyl sites for hydroxylation is 1. The highest BCUT2D eigenvalue weighted by molar-refractivity contribution is 5.70. The van der Waals surface area contributed by atoms with E-state index in [0.29, 0.717) is 19.3 Å². The summed E-state index contributed by atoms with van der Waals surface area (Å²) in [5, 5.41) is 15.1. The number of nitrogens with zero attached hydrogens (tertiary/aromatic N) is 1. The molecule has 0 radical (unpaired) electrons. The van der Waals surface area contributed by atoms with E-state index in [4.69, 9.17) is 5.11 Å². The van der Waals surface area contributed by atoms with Crippen LogP contribution in [0.2, 0.25) is 0 Å². The second-order valence-corrected chi connectivity index (χ2v) is 3.48. The molecule has 1 heterocycles. The van der Waals surface area contributed by atoms with Gasteiger partial charge in [0.1, 0.15) is 0 Å². The molecule has 2 N–H and O–H groups in total. The second-order valence-electron chi connectivity index (χ2n) is 3.48. The lowest BCUT2D eigenvalue weighted by atomic mass is 9.87. The Hall–Kier alpha value is -1.65. The SMILES string of the molecule is O=C(O)C1CCc2n[nH]c(=O)cc2C1. The minimum atomic E-state index is -0.795. The molecule has 5 heteroatoms. The molecule has 0 saturated heterocycles. The molecule has 0 aliphatic heterocycles. The van der Waals surface area contributed by atoms with Gasteiger partial charge < -0.3 is 5.11 Å². The number of hydrogen-bond acceptors (Lipinski definition) is 3. The second kappa shape index (κ2) is 3.25. The summed E-state index contributed by atoms with van der Waals surface area (Å²) < 4.78 is 0. The van der Waals surface area contributed by atoms with Crippen LogP contribution in [0, 0.1) is 5.92 Å². The number of H-pyrrole nitrogens is 1. The first kappa shape index (κ1) is 8.93. The van der Waals surface area contributed by atoms with Crippen LogP contribution in [0.15, 0.2) is 10.9 Å². The normalized spacial score (nSPS) is 20.1. The molecule has 5 nitrogen and oxygen atoms in total. The summed E-state index contributed by atoms with van der Waals surface area (Å²) in [6, 6.07) is 1.44. The van der Waals surface area contributed by atoms with Gasteiger partial charge in [0.05, 0.1) is 11.6 Å². The summed E-state index contributed by atoms with van der Waals surface area (Å²) in [6.07, 6.45) is 1.64. The first-order valence-electron chi connectivity index (χ1n) is 4.47. The van der Waals surface area contributed by atoms with Crippen molar-refractivity contribution in [2.75, 3.05) is 0 Å². The molecule has 1 atom stereocenters. The molecule has 0 saturated carbocycles. The van der Waals surface area contributed by atoms with Crippen LogP contribution in [-0.2, 0) is 17.6 Å². The highest BCUT2D eigenvalue weighted by atomic mass is 16.4. The molecule has 2 rings (SSSR count). The first-order valence-corrected chi connectivity index (χ1v) is 4.47. The molecule has 14 heavy (non-hydrogen) atoms. The number of carbonyl (C=O) groups is 1. The monoisotopic (exact) mass is 194 g/mol. The van der Waals surface area contributed by atoms with Crippen LogP contribution in [-0.4, -0.2) is 21.3 Å². The molecule has 0 amide bonds. The predicted molar refractivity (Wildman–Crippen MR) is 48.0 cm³/mol. The van der Waals surface area contributed by atoms with Gasteiger partial charge in [-0.3, -0.25) is 9.59 Å². The van der Waals surface area contributed by atoms with Gasteiger partial charge in [0, 0.05) is 6.07 Å². The number of rotatable bonds is 1. The molecule has 0 aromatic carbocycles. The highest BCUT2D eigenvalue weighted by Crippen LogP contribution is 2.22. The smallest absolute Gasteiger partial charge is 0.306 e. The molecule has 0 bridgehead atoms. The van der Waals surface area contributed by atoms with Crippen molar-refractivity contribution in [2.24, 2.45) is 5.92 Å². The molecule has 74 valence electrons.